The van der Waals surface area contributed by atoms with Gasteiger partial charge in [-0.3, -0.25) is 4.79 Å². The van der Waals surface area contributed by atoms with Gasteiger partial charge in [0, 0.05) is 32.0 Å². The first kappa shape index (κ1) is 15.6. The molecule has 1 aliphatic heterocycles. The first-order chi connectivity index (χ1) is 9.89. The van der Waals surface area contributed by atoms with Gasteiger partial charge < -0.3 is 20.5 Å². The molecule has 1 aromatic carbocycles. The van der Waals surface area contributed by atoms with Gasteiger partial charge in [0.2, 0.25) is 11.7 Å². The number of rotatable bonds is 6. The van der Waals surface area contributed by atoms with Crippen molar-refractivity contribution in [3.63, 3.8) is 0 Å². The number of carbonyl (C=O) groups excluding carboxylic acids is 1. The van der Waals surface area contributed by atoms with E-state index in [0.717, 1.165) is 18.5 Å². The maximum atomic E-state index is 11.9. The number of hydrogen-bond acceptors (Lipinski definition) is 4. The second-order valence-corrected chi connectivity index (χ2v) is 6.03. The van der Waals surface area contributed by atoms with E-state index in [-0.39, 0.29) is 5.91 Å². The van der Waals surface area contributed by atoms with Crippen LogP contribution in [0.4, 0.5) is 5.69 Å². The normalized spacial score (nSPS) is 16.6. The van der Waals surface area contributed by atoms with Gasteiger partial charge in [-0.2, -0.15) is 0 Å². The summed E-state index contributed by atoms with van der Waals surface area (Å²) in [5.74, 6) is 1.20. The van der Waals surface area contributed by atoms with Gasteiger partial charge in [-0.1, -0.05) is 6.92 Å². The summed E-state index contributed by atoms with van der Waals surface area (Å²) < 4.78 is 11.3. The average molecular weight is 292 g/mol. The molecule has 1 aromatic rings. The van der Waals surface area contributed by atoms with E-state index in [0.29, 0.717) is 30.4 Å². The number of nitrogens with two attached hydrogens (primary N) is 1. The van der Waals surface area contributed by atoms with Crippen LogP contribution in [0.2, 0.25) is 0 Å². The molecule has 0 aliphatic carbocycles. The van der Waals surface area contributed by atoms with Gasteiger partial charge >= 0.3 is 0 Å². The van der Waals surface area contributed by atoms with Crippen molar-refractivity contribution in [1.29, 1.82) is 0 Å². The molecule has 1 heterocycles. The van der Waals surface area contributed by atoms with Crippen LogP contribution < -0.4 is 20.5 Å². The molecule has 1 amide bonds. The highest BCUT2D eigenvalue weighted by atomic mass is 16.7. The Bertz CT molecular complexity index is 514. The summed E-state index contributed by atoms with van der Waals surface area (Å²) in [5.41, 5.74) is 6.24. The molecule has 1 aliphatic rings. The van der Waals surface area contributed by atoms with Gasteiger partial charge in [0.15, 0.2) is 11.5 Å². The van der Waals surface area contributed by atoms with E-state index >= 15 is 0 Å². The molecular weight excluding hydrogens is 268 g/mol. The molecular formula is C16H24N2O3. The highest BCUT2D eigenvalue weighted by Gasteiger charge is 2.31. The van der Waals surface area contributed by atoms with Crippen molar-refractivity contribution in [2.45, 2.75) is 45.8 Å². The van der Waals surface area contributed by atoms with Crippen molar-refractivity contribution in [3.8, 4) is 11.5 Å². The number of fused-ring (bicyclic) bond motifs is 1. The van der Waals surface area contributed by atoms with E-state index in [1.54, 1.807) is 6.07 Å². The molecule has 2 rings (SSSR count). The summed E-state index contributed by atoms with van der Waals surface area (Å²) in [5, 5.41) is 2.89. The van der Waals surface area contributed by atoms with Crippen LogP contribution in [0, 0.1) is 5.92 Å². The lowest BCUT2D eigenvalue weighted by Crippen LogP contribution is -2.29. The molecule has 0 bridgehead atoms. The standard InChI is InChI=1S/C16H24N2O3/c1-11(8-9-17)4-7-15(19)18-12-5-6-13-14(10-12)21-16(2,3)20-13/h5-6,10-11H,4,7-9,17H2,1-3H3,(H,18,19). The molecule has 1 unspecified atom stereocenters. The molecule has 0 saturated heterocycles. The lowest BCUT2D eigenvalue weighted by Gasteiger charge is -2.16. The molecule has 0 radical (unpaired) electrons. The first-order valence-corrected chi connectivity index (χ1v) is 7.41. The average Bonchev–Trinajstić information content (AvgIpc) is 2.70. The molecule has 5 heteroatoms. The van der Waals surface area contributed by atoms with Crippen molar-refractivity contribution < 1.29 is 14.3 Å². The van der Waals surface area contributed by atoms with E-state index < -0.39 is 5.79 Å². The third-order valence-corrected chi connectivity index (χ3v) is 3.46. The van der Waals surface area contributed by atoms with Crippen LogP contribution in [0.5, 0.6) is 11.5 Å². The van der Waals surface area contributed by atoms with Gasteiger partial charge in [-0.25, -0.2) is 0 Å². The van der Waals surface area contributed by atoms with Crippen LogP contribution in [0.25, 0.3) is 0 Å². The van der Waals surface area contributed by atoms with Crippen molar-refractivity contribution in [2.75, 3.05) is 11.9 Å². The maximum Gasteiger partial charge on any atom is 0.246 e. The monoisotopic (exact) mass is 292 g/mol. The predicted molar refractivity (Wildman–Crippen MR) is 82.5 cm³/mol. The zero-order valence-corrected chi connectivity index (χ0v) is 12.9. The Morgan fingerprint density at radius 3 is 2.71 bits per heavy atom. The second kappa shape index (κ2) is 6.35. The Morgan fingerprint density at radius 2 is 2.00 bits per heavy atom. The third kappa shape index (κ3) is 4.36. The summed E-state index contributed by atoms with van der Waals surface area (Å²) in [6.07, 6.45) is 2.30. The van der Waals surface area contributed by atoms with Crippen LogP contribution in [-0.2, 0) is 4.79 Å². The Balaban J connectivity index is 1.88. The van der Waals surface area contributed by atoms with Crippen LogP contribution in [0.3, 0.4) is 0 Å². The summed E-state index contributed by atoms with van der Waals surface area (Å²) in [6, 6.07) is 5.44. The lowest BCUT2D eigenvalue weighted by atomic mass is 10.0. The van der Waals surface area contributed by atoms with Gasteiger partial charge in [-0.15, -0.1) is 0 Å². The van der Waals surface area contributed by atoms with Crippen LogP contribution in [0.15, 0.2) is 18.2 Å². The highest BCUT2D eigenvalue weighted by molar-refractivity contribution is 5.91. The van der Waals surface area contributed by atoms with Gasteiger partial charge in [0.25, 0.3) is 0 Å². The van der Waals surface area contributed by atoms with E-state index in [1.165, 1.54) is 0 Å². The number of benzene rings is 1. The SMILES string of the molecule is CC(CCN)CCC(=O)Nc1ccc2c(c1)OC(C)(C)O2. The van der Waals surface area contributed by atoms with E-state index in [9.17, 15) is 4.79 Å². The number of anilines is 1. The van der Waals surface area contributed by atoms with Crippen molar-refractivity contribution in [1.82, 2.24) is 0 Å². The Kier molecular flexibility index (Phi) is 4.73. The molecule has 3 N–H and O–H groups in total. The lowest BCUT2D eigenvalue weighted by molar-refractivity contribution is -0.116. The Labute approximate surface area is 125 Å². The topological polar surface area (TPSA) is 73.6 Å². The minimum absolute atomic E-state index is 0.0111. The molecule has 0 spiro atoms. The molecule has 5 nitrogen and oxygen atoms in total. The minimum atomic E-state index is -0.650. The number of carbonyl (C=O) groups is 1. The highest BCUT2D eigenvalue weighted by Crippen LogP contribution is 2.40. The molecule has 0 saturated carbocycles. The Hall–Kier alpha value is -1.75. The summed E-state index contributed by atoms with van der Waals surface area (Å²) in [6.45, 7) is 6.48. The second-order valence-electron chi connectivity index (χ2n) is 6.03. The van der Waals surface area contributed by atoms with E-state index in [2.05, 4.69) is 12.2 Å². The largest absolute Gasteiger partial charge is 0.449 e. The zero-order valence-electron chi connectivity index (χ0n) is 12.9. The maximum absolute atomic E-state index is 11.9. The molecule has 1 atom stereocenters. The smallest absolute Gasteiger partial charge is 0.246 e. The quantitative estimate of drug-likeness (QED) is 0.845. The molecule has 116 valence electrons. The van der Waals surface area contributed by atoms with Crippen LogP contribution in [-0.4, -0.2) is 18.2 Å². The van der Waals surface area contributed by atoms with Gasteiger partial charge in [0.1, 0.15) is 0 Å². The first-order valence-electron chi connectivity index (χ1n) is 7.41. The third-order valence-electron chi connectivity index (χ3n) is 3.46. The van der Waals surface area contributed by atoms with Crippen LogP contribution >= 0.6 is 0 Å². The van der Waals surface area contributed by atoms with E-state index in [4.69, 9.17) is 15.2 Å². The van der Waals surface area contributed by atoms with E-state index in [1.807, 2.05) is 26.0 Å². The summed E-state index contributed by atoms with van der Waals surface area (Å²) in [4.78, 5) is 11.9. The van der Waals surface area contributed by atoms with Crippen molar-refractivity contribution in [3.05, 3.63) is 18.2 Å². The van der Waals surface area contributed by atoms with Crippen LogP contribution in [0.1, 0.15) is 40.0 Å². The fourth-order valence-electron chi connectivity index (χ4n) is 2.33. The van der Waals surface area contributed by atoms with Gasteiger partial charge in [-0.05, 0) is 37.4 Å². The molecule has 0 aromatic heterocycles. The zero-order chi connectivity index (χ0) is 15.5. The summed E-state index contributed by atoms with van der Waals surface area (Å²) in [7, 11) is 0. The minimum Gasteiger partial charge on any atom is -0.449 e. The summed E-state index contributed by atoms with van der Waals surface area (Å²) >= 11 is 0. The van der Waals surface area contributed by atoms with Crippen molar-refractivity contribution >= 4 is 11.6 Å². The number of ether oxygens (including phenoxy) is 2. The predicted octanol–water partition coefficient (Wildman–Crippen LogP) is 2.90. The Morgan fingerprint density at radius 1 is 1.29 bits per heavy atom. The van der Waals surface area contributed by atoms with Crippen molar-refractivity contribution in [2.24, 2.45) is 11.7 Å². The fourth-order valence-corrected chi connectivity index (χ4v) is 2.33. The number of hydrogen-bond donors (Lipinski definition) is 2. The fraction of sp³-hybridized carbons (Fsp3) is 0.562. The number of nitrogens with one attached hydrogen (secondary N) is 1. The van der Waals surface area contributed by atoms with Gasteiger partial charge in [0.05, 0.1) is 0 Å². The number of amides is 1. The molecule has 21 heavy (non-hydrogen) atoms. The molecule has 0 fully saturated rings.